The van der Waals surface area contributed by atoms with Crippen molar-refractivity contribution in [1.82, 2.24) is 10.1 Å². The van der Waals surface area contributed by atoms with Crippen LogP contribution in [0.4, 0.5) is 4.79 Å². The van der Waals surface area contributed by atoms with E-state index in [9.17, 15) is 4.79 Å². The Hall–Kier alpha value is -3.08. The van der Waals surface area contributed by atoms with Gasteiger partial charge in [0.2, 0.25) is 0 Å². The molecule has 1 aromatic heterocycles. The van der Waals surface area contributed by atoms with Gasteiger partial charge >= 0.3 is 6.09 Å². The lowest BCUT2D eigenvalue weighted by molar-refractivity contribution is 0.117. The average Bonchev–Trinajstić information content (AvgIpc) is 3.11. The van der Waals surface area contributed by atoms with Crippen molar-refractivity contribution in [1.29, 1.82) is 0 Å². The normalized spacial score (nSPS) is 13.4. The maximum absolute atomic E-state index is 11.8. The van der Waals surface area contributed by atoms with Gasteiger partial charge in [0.25, 0.3) is 0 Å². The second-order valence-electron chi connectivity index (χ2n) is 6.02. The molecule has 126 valence electrons. The Balaban J connectivity index is 1.63. The molecule has 0 saturated carbocycles. The smallest absolute Gasteiger partial charge is 0.409 e. The van der Waals surface area contributed by atoms with Gasteiger partial charge in [-0.2, -0.15) is 0 Å². The maximum atomic E-state index is 11.8. The number of nitrogens with zero attached hydrogens (tertiary/aromatic N) is 2. The summed E-state index contributed by atoms with van der Waals surface area (Å²) in [6.07, 6.45) is 0.330. The van der Waals surface area contributed by atoms with Crippen LogP contribution in [0, 0.1) is 0 Å². The third-order valence-electron chi connectivity index (χ3n) is 4.53. The number of hydrogen-bond donors (Lipinski definition) is 0. The van der Waals surface area contributed by atoms with Gasteiger partial charge in [0.05, 0.1) is 13.7 Å². The van der Waals surface area contributed by atoms with E-state index in [1.54, 1.807) is 4.90 Å². The van der Waals surface area contributed by atoms with Gasteiger partial charge in [0, 0.05) is 24.1 Å². The van der Waals surface area contributed by atoms with Crippen LogP contribution in [-0.4, -0.2) is 29.8 Å². The van der Waals surface area contributed by atoms with E-state index in [2.05, 4.69) is 29.4 Å². The average molecular weight is 334 g/mol. The van der Waals surface area contributed by atoms with Crippen molar-refractivity contribution in [2.45, 2.75) is 13.0 Å². The van der Waals surface area contributed by atoms with E-state index in [-0.39, 0.29) is 6.09 Å². The minimum absolute atomic E-state index is 0.322. The molecule has 2 heterocycles. The van der Waals surface area contributed by atoms with Crippen molar-refractivity contribution >= 4 is 6.09 Å². The van der Waals surface area contributed by atoms with Crippen LogP contribution >= 0.6 is 0 Å². The van der Waals surface area contributed by atoms with Gasteiger partial charge in [-0.05, 0) is 11.1 Å². The van der Waals surface area contributed by atoms with Crippen LogP contribution in [0.2, 0.25) is 0 Å². The van der Waals surface area contributed by atoms with Gasteiger partial charge < -0.3 is 14.2 Å². The van der Waals surface area contributed by atoms with Crippen LogP contribution in [0.25, 0.3) is 22.4 Å². The highest BCUT2D eigenvalue weighted by atomic mass is 16.5. The zero-order valence-electron chi connectivity index (χ0n) is 13.9. The summed E-state index contributed by atoms with van der Waals surface area (Å²) in [6, 6.07) is 18.5. The standard InChI is InChI=1S/C20H18N2O3/c1-24-20(23)22-12-11-18-17(13-22)19(21-25-18)16-9-7-15(8-10-16)14-5-3-2-4-6-14/h2-10H,11-13H2,1H3. The first-order valence-electron chi connectivity index (χ1n) is 8.22. The number of benzene rings is 2. The van der Waals surface area contributed by atoms with Crippen LogP contribution in [0.1, 0.15) is 11.3 Å². The molecule has 5 nitrogen and oxygen atoms in total. The fourth-order valence-electron chi connectivity index (χ4n) is 3.17. The Kier molecular flexibility index (Phi) is 3.98. The molecule has 2 aromatic carbocycles. The van der Waals surface area contributed by atoms with E-state index in [0.717, 1.165) is 28.1 Å². The molecule has 25 heavy (non-hydrogen) atoms. The number of methoxy groups -OCH3 is 1. The van der Waals surface area contributed by atoms with Crippen molar-refractivity contribution in [3.05, 3.63) is 65.9 Å². The van der Waals surface area contributed by atoms with Gasteiger partial charge in [-0.3, -0.25) is 0 Å². The van der Waals surface area contributed by atoms with Crippen molar-refractivity contribution in [2.24, 2.45) is 0 Å². The van der Waals surface area contributed by atoms with Crippen molar-refractivity contribution in [3.8, 4) is 22.4 Å². The second-order valence-corrected chi connectivity index (χ2v) is 6.02. The zero-order valence-corrected chi connectivity index (χ0v) is 13.9. The van der Waals surface area contributed by atoms with E-state index in [0.29, 0.717) is 19.5 Å². The first kappa shape index (κ1) is 15.4. The van der Waals surface area contributed by atoms with Crippen LogP contribution in [-0.2, 0) is 17.7 Å². The molecule has 4 rings (SSSR count). The molecule has 0 N–H and O–H groups in total. The summed E-state index contributed by atoms with van der Waals surface area (Å²) in [5, 5.41) is 4.24. The first-order chi connectivity index (χ1) is 12.3. The molecule has 0 saturated heterocycles. The molecule has 0 spiro atoms. The summed E-state index contributed by atoms with van der Waals surface area (Å²) in [5.74, 6) is 0.849. The molecule has 0 aliphatic carbocycles. The molecule has 0 unspecified atom stereocenters. The molecule has 3 aromatic rings. The Labute approximate surface area is 145 Å². The van der Waals surface area contributed by atoms with Crippen molar-refractivity contribution in [3.63, 3.8) is 0 Å². The second kappa shape index (κ2) is 6.43. The van der Waals surface area contributed by atoms with Crippen LogP contribution < -0.4 is 0 Å². The highest BCUT2D eigenvalue weighted by Crippen LogP contribution is 2.31. The van der Waals surface area contributed by atoms with Gasteiger partial charge in [-0.1, -0.05) is 59.8 Å². The van der Waals surface area contributed by atoms with Crippen molar-refractivity contribution < 1.29 is 14.1 Å². The number of carbonyl (C=O) groups excluding carboxylic acids is 1. The van der Waals surface area contributed by atoms with Crippen LogP contribution in [0.3, 0.4) is 0 Å². The lowest BCUT2D eigenvalue weighted by atomic mass is 9.99. The SMILES string of the molecule is COC(=O)N1CCc2onc(-c3ccc(-c4ccccc4)cc3)c2C1. The fourth-order valence-corrected chi connectivity index (χ4v) is 3.17. The number of aromatic nitrogens is 1. The summed E-state index contributed by atoms with van der Waals surface area (Å²) in [5.41, 5.74) is 5.06. The quantitative estimate of drug-likeness (QED) is 0.707. The lowest BCUT2D eigenvalue weighted by Gasteiger charge is -2.24. The minimum Gasteiger partial charge on any atom is -0.453 e. The third-order valence-corrected chi connectivity index (χ3v) is 4.53. The van der Waals surface area contributed by atoms with Gasteiger partial charge in [0.1, 0.15) is 11.5 Å². The number of carbonyl (C=O) groups is 1. The van der Waals surface area contributed by atoms with E-state index < -0.39 is 0 Å². The van der Waals surface area contributed by atoms with E-state index in [1.165, 1.54) is 12.7 Å². The summed E-state index contributed by atoms with van der Waals surface area (Å²) in [7, 11) is 1.40. The Morgan fingerprint density at radius 2 is 1.72 bits per heavy atom. The van der Waals surface area contributed by atoms with E-state index in [4.69, 9.17) is 9.26 Å². The Bertz CT molecular complexity index is 885. The number of fused-ring (bicyclic) bond motifs is 1. The summed E-state index contributed by atoms with van der Waals surface area (Å²) >= 11 is 0. The predicted molar refractivity (Wildman–Crippen MR) is 93.9 cm³/mol. The molecule has 0 bridgehead atoms. The molecule has 5 heteroatoms. The van der Waals surface area contributed by atoms with Crippen LogP contribution in [0.15, 0.2) is 59.1 Å². The van der Waals surface area contributed by atoms with Gasteiger partial charge in [-0.25, -0.2) is 4.79 Å². The number of hydrogen-bond acceptors (Lipinski definition) is 4. The molecule has 1 aliphatic rings. The first-order valence-corrected chi connectivity index (χ1v) is 8.22. The Morgan fingerprint density at radius 1 is 1.04 bits per heavy atom. The largest absolute Gasteiger partial charge is 0.453 e. The molecule has 0 radical (unpaired) electrons. The van der Waals surface area contributed by atoms with Crippen LogP contribution in [0.5, 0.6) is 0 Å². The molecule has 1 amide bonds. The third kappa shape index (κ3) is 2.89. The van der Waals surface area contributed by atoms with Gasteiger partial charge in [-0.15, -0.1) is 0 Å². The van der Waals surface area contributed by atoms with Crippen molar-refractivity contribution in [2.75, 3.05) is 13.7 Å². The van der Waals surface area contributed by atoms with E-state index in [1.807, 2.05) is 30.3 Å². The highest BCUT2D eigenvalue weighted by molar-refractivity contribution is 5.72. The van der Waals surface area contributed by atoms with E-state index >= 15 is 0 Å². The fraction of sp³-hybridized carbons (Fsp3) is 0.200. The Morgan fingerprint density at radius 3 is 2.44 bits per heavy atom. The molecule has 0 atom stereocenters. The lowest BCUT2D eigenvalue weighted by Crippen LogP contribution is -2.35. The number of ether oxygens (including phenoxy) is 1. The maximum Gasteiger partial charge on any atom is 0.409 e. The number of amides is 1. The molecular formula is C20H18N2O3. The van der Waals surface area contributed by atoms with Gasteiger partial charge in [0.15, 0.2) is 0 Å². The topological polar surface area (TPSA) is 55.6 Å². The predicted octanol–water partition coefficient (Wildman–Crippen LogP) is 4.13. The summed E-state index contributed by atoms with van der Waals surface area (Å²) < 4.78 is 10.3. The number of rotatable bonds is 2. The summed E-state index contributed by atoms with van der Waals surface area (Å²) in [6.45, 7) is 1.04. The zero-order chi connectivity index (χ0) is 17.2. The monoisotopic (exact) mass is 334 g/mol. The highest BCUT2D eigenvalue weighted by Gasteiger charge is 2.27. The molecule has 1 aliphatic heterocycles. The summed E-state index contributed by atoms with van der Waals surface area (Å²) in [4.78, 5) is 13.5. The molecular weight excluding hydrogens is 316 g/mol. The minimum atomic E-state index is -0.322. The molecule has 0 fully saturated rings.